The average Bonchev–Trinajstić information content (AvgIpc) is 2.28. The van der Waals surface area contributed by atoms with Gasteiger partial charge in [0.15, 0.2) is 5.17 Å². The molecular weight excluding hydrogens is 206 g/mol. The van der Waals surface area contributed by atoms with E-state index in [2.05, 4.69) is 22.1 Å². The van der Waals surface area contributed by atoms with Gasteiger partial charge in [0.2, 0.25) is 0 Å². The van der Waals surface area contributed by atoms with Gasteiger partial charge in [0.05, 0.1) is 6.21 Å². The van der Waals surface area contributed by atoms with Crippen molar-refractivity contribution >= 4 is 23.1 Å². The summed E-state index contributed by atoms with van der Waals surface area (Å²) in [7, 11) is 1.72. The van der Waals surface area contributed by atoms with E-state index in [1.807, 2.05) is 31.4 Å². The van der Waals surface area contributed by atoms with E-state index in [9.17, 15) is 0 Å². The fourth-order valence-corrected chi connectivity index (χ4v) is 1.07. The molecule has 0 aromatic heterocycles. The highest BCUT2D eigenvalue weighted by molar-refractivity contribution is 8.13. The second kappa shape index (κ2) is 9.27. The Kier molecular flexibility index (Phi) is 8.47. The van der Waals surface area contributed by atoms with Gasteiger partial charge in [0.25, 0.3) is 0 Å². The van der Waals surface area contributed by atoms with Crippen molar-refractivity contribution in [2.75, 3.05) is 13.3 Å². The van der Waals surface area contributed by atoms with Gasteiger partial charge in [-0.1, -0.05) is 42.6 Å². The van der Waals surface area contributed by atoms with Gasteiger partial charge in [-0.15, -0.1) is 0 Å². The van der Waals surface area contributed by atoms with Crippen LogP contribution in [0.15, 0.2) is 46.5 Å². The number of hydrazone groups is 1. The second-order valence-corrected chi connectivity index (χ2v) is 3.28. The summed E-state index contributed by atoms with van der Waals surface area (Å²) in [6.45, 7) is 5.56. The summed E-state index contributed by atoms with van der Waals surface area (Å²) >= 11 is 1.52. The summed E-state index contributed by atoms with van der Waals surface area (Å²) < 4.78 is 0. The molecule has 0 rings (SSSR count). The molecule has 0 heterocycles. The van der Waals surface area contributed by atoms with E-state index in [0.29, 0.717) is 0 Å². The summed E-state index contributed by atoms with van der Waals surface area (Å²) in [5, 5.41) is 4.84. The van der Waals surface area contributed by atoms with Crippen LogP contribution in [-0.2, 0) is 0 Å². The normalized spacial score (nSPS) is 13.8. The number of allylic oxidation sites excluding steroid dienone is 5. The van der Waals surface area contributed by atoms with E-state index in [1.165, 1.54) is 11.8 Å². The Morgan fingerprint density at radius 3 is 2.67 bits per heavy atom. The van der Waals surface area contributed by atoms with Crippen molar-refractivity contribution in [1.29, 1.82) is 0 Å². The first-order valence-electron chi connectivity index (χ1n) is 4.53. The number of nitrogens with zero attached hydrogens (tertiary/aromatic N) is 2. The zero-order valence-electron chi connectivity index (χ0n) is 9.40. The minimum Gasteiger partial charge on any atom is -0.265 e. The average molecular weight is 223 g/mol. The van der Waals surface area contributed by atoms with E-state index < -0.39 is 0 Å². The monoisotopic (exact) mass is 223 g/mol. The molecule has 0 radical (unpaired) electrons. The van der Waals surface area contributed by atoms with Gasteiger partial charge in [-0.05, 0) is 18.8 Å². The molecule has 0 amide bonds. The number of rotatable bonds is 4. The van der Waals surface area contributed by atoms with Crippen LogP contribution >= 0.6 is 11.8 Å². The first-order valence-corrected chi connectivity index (χ1v) is 5.76. The highest BCUT2D eigenvalue weighted by Crippen LogP contribution is 1.95. The van der Waals surface area contributed by atoms with Crippen molar-refractivity contribution in [2.24, 2.45) is 10.1 Å². The Bertz CT molecular complexity index is 301. The molecule has 0 aromatic rings. The Balaban J connectivity index is 4.25. The van der Waals surface area contributed by atoms with Gasteiger partial charge in [-0.2, -0.15) is 5.10 Å². The largest absolute Gasteiger partial charge is 0.265 e. The van der Waals surface area contributed by atoms with Gasteiger partial charge >= 0.3 is 0 Å². The second-order valence-electron chi connectivity index (χ2n) is 2.49. The lowest BCUT2D eigenvalue weighted by atomic mass is 10.2. The first kappa shape index (κ1) is 13.7. The van der Waals surface area contributed by atoms with Crippen LogP contribution in [0.25, 0.3) is 0 Å². The molecule has 0 bridgehead atoms. The SMILES string of the molecule is C=C\C=C/C(/C=N/NC(=NC)SC)=C\C. The molecule has 0 unspecified atom stereocenters. The molecule has 0 aliphatic rings. The number of thioether (sulfide) groups is 1. The molecular formula is C11H17N3S. The van der Waals surface area contributed by atoms with Crippen LogP contribution in [0.2, 0.25) is 0 Å². The van der Waals surface area contributed by atoms with Gasteiger partial charge in [0, 0.05) is 7.05 Å². The molecule has 0 spiro atoms. The van der Waals surface area contributed by atoms with Crippen LogP contribution < -0.4 is 5.43 Å². The van der Waals surface area contributed by atoms with Crippen molar-refractivity contribution < 1.29 is 0 Å². The molecule has 82 valence electrons. The number of hydrogen-bond donors (Lipinski definition) is 1. The van der Waals surface area contributed by atoms with Crippen molar-refractivity contribution in [3.05, 3.63) is 36.5 Å². The minimum atomic E-state index is 0.786. The summed E-state index contributed by atoms with van der Waals surface area (Å²) in [5.41, 5.74) is 3.86. The van der Waals surface area contributed by atoms with Crippen LogP contribution in [-0.4, -0.2) is 24.7 Å². The van der Waals surface area contributed by atoms with Gasteiger partial charge < -0.3 is 0 Å². The Morgan fingerprint density at radius 2 is 2.20 bits per heavy atom. The van der Waals surface area contributed by atoms with E-state index in [1.54, 1.807) is 19.3 Å². The van der Waals surface area contributed by atoms with Crippen LogP contribution in [0.3, 0.4) is 0 Å². The number of amidine groups is 1. The summed E-state index contributed by atoms with van der Waals surface area (Å²) in [6.07, 6.45) is 11.2. The molecule has 3 nitrogen and oxygen atoms in total. The molecule has 4 heteroatoms. The molecule has 0 aliphatic carbocycles. The lowest BCUT2D eigenvalue weighted by molar-refractivity contribution is 1.05. The van der Waals surface area contributed by atoms with E-state index >= 15 is 0 Å². The highest BCUT2D eigenvalue weighted by Gasteiger charge is 1.89. The molecule has 0 aliphatic heterocycles. The minimum absolute atomic E-state index is 0.786. The summed E-state index contributed by atoms with van der Waals surface area (Å²) in [4.78, 5) is 3.99. The number of hydrogen-bond acceptors (Lipinski definition) is 3. The zero-order chi connectivity index (χ0) is 11.5. The maximum Gasteiger partial charge on any atom is 0.176 e. The summed E-state index contributed by atoms with van der Waals surface area (Å²) in [5.74, 6) is 0. The smallest absolute Gasteiger partial charge is 0.176 e. The van der Waals surface area contributed by atoms with Crippen molar-refractivity contribution in [3.63, 3.8) is 0 Å². The van der Waals surface area contributed by atoms with Crippen LogP contribution in [0.1, 0.15) is 6.92 Å². The Labute approximate surface area is 95.8 Å². The fourth-order valence-electron chi connectivity index (χ4n) is 0.742. The van der Waals surface area contributed by atoms with Crippen LogP contribution in [0.5, 0.6) is 0 Å². The maximum absolute atomic E-state index is 4.06. The standard InChI is InChI=1S/C11H17N3S/c1-5-7-8-10(6-2)9-13-14-11(12-3)15-4/h5-9H,1H2,2-4H3,(H,12,14)/b8-7-,10-6+,13-9+. The number of nitrogens with one attached hydrogen (secondary N) is 1. The van der Waals surface area contributed by atoms with Gasteiger partial charge in [0.1, 0.15) is 0 Å². The highest BCUT2D eigenvalue weighted by atomic mass is 32.2. The molecule has 0 saturated carbocycles. The lowest BCUT2D eigenvalue weighted by Crippen LogP contribution is -2.13. The third-order valence-electron chi connectivity index (χ3n) is 1.53. The lowest BCUT2D eigenvalue weighted by Gasteiger charge is -1.98. The Morgan fingerprint density at radius 1 is 1.47 bits per heavy atom. The third-order valence-corrected chi connectivity index (χ3v) is 2.19. The van der Waals surface area contributed by atoms with Gasteiger partial charge in [-0.3, -0.25) is 10.4 Å². The molecule has 0 saturated heterocycles. The van der Waals surface area contributed by atoms with E-state index in [-0.39, 0.29) is 0 Å². The van der Waals surface area contributed by atoms with Crippen molar-refractivity contribution in [1.82, 2.24) is 5.43 Å². The molecule has 15 heavy (non-hydrogen) atoms. The predicted molar refractivity (Wildman–Crippen MR) is 71.6 cm³/mol. The predicted octanol–water partition coefficient (Wildman–Crippen LogP) is 2.60. The molecule has 0 aromatic carbocycles. The molecule has 0 fully saturated rings. The molecule has 0 atom stereocenters. The van der Waals surface area contributed by atoms with Gasteiger partial charge in [-0.25, -0.2) is 0 Å². The first-order chi connectivity index (χ1) is 7.28. The van der Waals surface area contributed by atoms with Crippen molar-refractivity contribution in [2.45, 2.75) is 6.92 Å². The van der Waals surface area contributed by atoms with Crippen LogP contribution in [0.4, 0.5) is 0 Å². The quantitative estimate of drug-likeness (QED) is 0.344. The summed E-state index contributed by atoms with van der Waals surface area (Å²) in [6, 6.07) is 0. The van der Waals surface area contributed by atoms with E-state index in [0.717, 1.165) is 10.7 Å². The van der Waals surface area contributed by atoms with Crippen LogP contribution in [0, 0.1) is 0 Å². The maximum atomic E-state index is 4.06. The third kappa shape index (κ3) is 6.74. The molecule has 1 N–H and O–H groups in total. The zero-order valence-corrected chi connectivity index (χ0v) is 10.2. The Hall–Kier alpha value is -1.29. The number of aliphatic imine (C=N–C) groups is 1. The van der Waals surface area contributed by atoms with Crippen molar-refractivity contribution in [3.8, 4) is 0 Å². The van der Waals surface area contributed by atoms with E-state index in [4.69, 9.17) is 0 Å². The topological polar surface area (TPSA) is 36.8 Å². The fraction of sp³-hybridized carbons (Fsp3) is 0.273.